The molecular weight excluding hydrogens is 372 g/mol. The highest BCUT2D eigenvalue weighted by molar-refractivity contribution is 5.93. The van der Waals surface area contributed by atoms with Crippen LogP contribution in [0, 0.1) is 6.92 Å². The van der Waals surface area contributed by atoms with E-state index in [0.717, 1.165) is 38.8 Å². The van der Waals surface area contributed by atoms with Gasteiger partial charge >= 0.3 is 0 Å². The second-order valence-corrected chi connectivity index (χ2v) is 6.96. The standard InChI is InChI=1S/C24H18N6/c1-16-7-9-20-19(13-16)23(18-5-3-2-4-6-18)29-24(28-20)30-27-15-17-8-10-21-22(14-17)26-12-11-25-21/h2-15H,1H3,(H,28,29,30)/b27-15+. The van der Waals surface area contributed by atoms with E-state index in [4.69, 9.17) is 4.98 Å². The van der Waals surface area contributed by atoms with Gasteiger partial charge in [0.15, 0.2) is 0 Å². The minimum Gasteiger partial charge on any atom is -0.253 e. The molecule has 6 heteroatoms. The molecule has 5 rings (SSSR count). The Kier molecular flexibility index (Phi) is 4.57. The van der Waals surface area contributed by atoms with Crippen LogP contribution in [-0.2, 0) is 0 Å². The molecule has 6 nitrogen and oxygen atoms in total. The molecule has 5 aromatic rings. The number of nitrogens with one attached hydrogen (secondary N) is 1. The molecule has 1 N–H and O–H groups in total. The number of anilines is 1. The molecule has 3 aromatic carbocycles. The van der Waals surface area contributed by atoms with Gasteiger partial charge in [-0.3, -0.25) is 9.97 Å². The Hall–Kier alpha value is -4.19. The van der Waals surface area contributed by atoms with Crippen LogP contribution in [0.5, 0.6) is 0 Å². The molecule has 2 heterocycles. The van der Waals surface area contributed by atoms with E-state index in [1.165, 1.54) is 5.56 Å². The third kappa shape index (κ3) is 3.58. The number of aryl methyl sites for hydroxylation is 1. The lowest BCUT2D eigenvalue weighted by Crippen LogP contribution is -2.00. The fourth-order valence-electron chi connectivity index (χ4n) is 3.33. The largest absolute Gasteiger partial charge is 0.253 e. The lowest BCUT2D eigenvalue weighted by molar-refractivity contribution is 1.15. The summed E-state index contributed by atoms with van der Waals surface area (Å²) in [7, 11) is 0. The summed E-state index contributed by atoms with van der Waals surface area (Å²) in [5, 5.41) is 5.35. The van der Waals surface area contributed by atoms with E-state index in [1.54, 1.807) is 18.6 Å². The number of rotatable bonds is 4. The number of nitrogens with zero attached hydrogens (tertiary/aromatic N) is 5. The van der Waals surface area contributed by atoms with Gasteiger partial charge in [0.1, 0.15) is 0 Å². The van der Waals surface area contributed by atoms with Crippen LogP contribution in [0.4, 0.5) is 5.95 Å². The van der Waals surface area contributed by atoms with Gasteiger partial charge in [0, 0.05) is 23.3 Å². The molecule has 0 aliphatic heterocycles. The number of hydrogen-bond acceptors (Lipinski definition) is 6. The average Bonchev–Trinajstić information content (AvgIpc) is 2.79. The molecule has 0 atom stereocenters. The van der Waals surface area contributed by atoms with Crippen LogP contribution < -0.4 is 5.43 Å². The van der Waals surface area contributed by atoms with Gasteiger partial charge in [-0.05, 0) is 36.8 Å². The van der Waals surface area contributed by atoms with Crippen molar-refractivity contribution in [1.82, 2.24) is 19.9 Å². The summed E-state index contributed by atoms with van der Waals surface area (Å²) >= 11 is 0. The Morgan fingerprint density at radius 2 is 1.60 bits per heavy atom. The zero-order valence-electron chi connectivity index (χ0n) is 16.3. The van der Waals surface area contributed by atoms with Crippen LogP contribution in [0.25, 0.3) is 33.2 Å². The van der Waals surface area contributed by atoms with Gasteiger partial charge in [-0.15, -0.1) is 0 Å². The van der Waals surface area contributed by atoms with E-state index >= 15 is 0 Å². The smallest absolute Gasteiger partial charge is 0.244 e. The molecule has 0 aliphatic carbocycles. The first kappa shape index (κ1) is 17.9. The van der Waals surface area contributed by atoms with E-state index in [1.807, 2.05) is 60.7 Å². The summed E-state index contributed by atoms with van der Waals surface area (Å²) in [6.45, 7) is 2.07. The van der Waals surface area contributed by atoms with Crippen LogP contribution in [-0.4, -0.2) is 26.2 Å². The Morgan fingerprint density at radius 1 is 0.800 bits per heavy atom. The molecule has 0 saturated carbocycles. The number of hydrogen-bond donors (Lipinski definition) is 1. The summed E-state index contributed by atoms with van der Waals surface area (Å²) in [5.74, 6) is 0.446. The van der Waals surface area contributed by atoms with Gasteiger partial charge < -0.3 is 0 Å². The summed E-state index contributed by atoms with van der Waals surface area (Å²) in [4.78, 5) is 18.0. The van der Waals surface area contributed by atoms with Gasteiger partial charge in [0.2, 0.25) is 5.95 Å². The summed E-state index contributed by atoms with van der Waals surface area (Å²) in [6, 6.07) is 22.1. The van der Waals surface area contributed by atoms with Crippen molar-refractivity contribution in [2.75, 3.05) is 5.43 Å². The molecule has 144 valence electrons. The van der Waals surface area contributed by atoms with Crippen LogP contribution in [0.1, 0.15) is 11.1 Å². The molecule has 30 heavy (non-hydrogen) atoms. The normalized spacial score (nSPS) is 11.4. The zero-order valence-corrected chi connectivity index (χ0v) is 16.3. The van der Waals surface area contributed by atoms with Gasteiger partial charge in [0.05, 0.1) is 28.5 Å². The SMILES string of the molecule is Cc1ccc2nc(N/N=C/c3ccc4nccnc4c3)nc(-c3ccccc3)c2c1. The molecule has 0 fully saturated rings. The Labute approximate surface area is 173 Å². The maximum Gasteiger partial charge on any atom is 0.244 e. The maximum atomic E-state index is 4.74. The minimum absolute atomic E-state index is 0.446. The van der Waals surface area contributed by atoms with Gasteiger partial charge in [0.25, 0.3) is 0 Å². The highest BCUT2D eigenvalue weighted by atomic mass is 15.3. The molecule has 0 spiro atoms. The predicted molar refractivity (Wildman–Crippen MR) is 120 cm³/mol. The summed E-state index contributed by atoms with van der Waals surface area (Å²) in [5.41, 5.74) is 9.51. The second kappa shape index (κ2) is 7.67. The van der Waals surface area contributed by atoms with E-state index in [2.05, 4.69) is 38.5 Å². The van der Waals surface area contributed by atoms with Crippen LogP contribution in [0.3, 0.4) is 0 Å². The molecule has 0 aliphatic rings. The fraction of sp³-hybridized carbons (Fsp3) is 0.0417. The third-order valence-electron chi connectivity index (χ3n) is 4.77. The maximum absolute atomic E-state index is 4.74. The van der Waals surface area contributed by atoms with Crippen molar-refractivity contribution in [3.8, 4) is 11.3 Å². The minimum atomic E-state index is 0.446. The highest BCUT2D eigenvalue weighted by Gasteiger charge is 2.10. The number of hydrazone groups is 1. The first-order valence-corrected chi connectivity index (χ1v) is 9.60. The van der Waals surface area contributed by atoms with Crippen molar-refractivity contribution >= 4 is 34.1 Å². The summed E-state index contributed by atoms with van der Waals surface area (Å²) < 4.78 is 0. The number of aromatic nitrogens is 4. The number of benzene rings is 3. The highest BCUT2D eigenvalue weighted by Crippen LogP contribution is 2.28. The molecule has 0 saturated heterocycles. The zero-order chi connectivity index (χ0) is 20.3. The van der Waals surface area contributed by atoms with Gasteiger partial charge in [-0.2, -0.15) is 5.10 Å². The first-order valence-electron chi connectivity index (χ1n) is 9.60. The van der Waals surface area contributed by atoms with Crippen molar-refractivity contribution in [2.24, 2.45) is 5.10 Å². The Bertz CT molecular complexity index is 1380. The van der Waals surface area contributed by atoms with E-state index in [0.29, 0.717) is 5.95 Å². The van der Waals surface area contributed by atoms with Gasteiger partial charge in [-0.1, -0.05) is 48.0 Å². The van der Waals surface area contributed by atoms with Crippen LogP contribution >= 0.6 is 0 Å². The Morgan fingerprint density at radius 3 is 2.47 bits per heavy atom. The Balaban J connectivity index is 1.49. The summed E-state index contributed by atoms with van der Waals surface area (Å²) in [6.07, 6.45) is 5.08. The topological polar surface area (TPSA) is 76.0 Å². The van der Waals surface area contributed by atoms with Gasteiger partial charge in [-0.25, -0.2) is 15.4 Å². The van der Waals surface area contributed by atoms with Crippen molar-refractivity contribution in [3.05, 3.63) is 90.3 Å². The molecule has 0 amide bonds. The molecule has 0 radical (unpaired) electrons. The third-order valence-corrected chi connectivity index (χ3v) is 4.77. The molecule has 0 unspecified atom stereocenters. The molecule has 2 aromatic heterocycles. The average molecular weight is 390 g/mol. The number of fused-ring (bicyclic) bond motifs is 2. The molecule has 0 bridgehead atoms. The van der Waals surface area contributed by atoms with Crippen molar-refractivity contribution in [1.29, 1.82) is 0 Å². The second-order valence-electron chi connectivity index (χ2n) is 6.96. The fourth-order valence-corrected chi connectivity index (χ4v) is 3.33. The molecular formula is C24H18N6. The quantitative estimate of drug-likeness (QED) is 0.345. The van der Waals surface area contributed by atoms with Crippen molar-refractivity contribution in [2.45, 2.75) is 6.92 Å². The van der Waals surface area contributed by atoms with Crippen LogP contribution in [0.15, 0.2) is 84.2 Å². The lowest BCUT2D eigenvalue weighted by Gasteiger charge is -2.09. The van der Waals surface area contributed by atoms with E-state index in [9.17, 15) is 0 Å². The lowest BCUT2D eigenvalue weighted by atomic mass is 10.0. The van der Waals surface area contributed by atoms with Crippen LogP contribution in [0.2, 0.25) is 0 Å². The first-order chi connectivity index (χ1) is 14.8. The van der Waals surface area contributed by atoms with Crippen molar-refractivity contribution < 1.29 is 0 Å². The van der Waals surface area contributed by atoms with E-state index in [-0.39, 0.29) is 0 Å². The monoisotopic (exact) mass is 390 g/mol. The predicted octanol–water partition coefficient (Wildman–Crippen LogP) is 4.99. The van der Waals surface area contributed by atoms with E-state index < -0.39 is 0 Å². The van der Waals surface area contributed by atoms with Crippen molar-refractivity contribution in [3.63, 3.8) is 0 Å².